The minimum Gasteiger partial charge on any atom is -0.465 e. The SMILES string of the molecule is COC(=O)c1c(NC(=O)C(Sc2cccc(NC(=O)c3cccc(C)c3)c2)c2ccccc2)sc2c1CCN(C(=O)OC(C)(C)C)C2. The summed E-state index contributed by atoms with van der Waals surface area (Å²) in [5.74, 6) is -1.11. The van der Waals surface area contributed by atoms with Gasteiger partial charge in [-0.25, -0.2) is 9.59 Å². The molecule has 9 nitrogen and oxygen atoms in total. The topological polar surface area (TPSA) is 114 Å². The first kappa shape index (κ1) is 33.7. The molecule has 4 aromatic rings. The summed E-state index contributed by atoms with van der Waals surface area (Å²) in [4.78, 5) is 55.9. The second kappa shape index (κ2) is 14.4. The number of thiophene rings is 1. The molecular formula is C36H37N3O6S2. The van der Waals surface area contributed by atoms with Crippen molar-refractivity contribution in [2.75, 3.05) is 24.3 Å². The third kappa shape index (κ3) is 8.41. The third-order valence-electron chi connectivity index (χ3n) is 7.30. The highest BCUT2D eigenvalue weighted by Gasteiger charge is 2.33. The molecule has 0 saturated carbocycles. The average molecular weight is 672 g/mol. The van der Waals surface area contributed by atoms with Gasteiger partial charge in [-0.15, -0.1) is 23.1 Å². The minimum atomic E-state index is -0.693. The highest BCUT2D eigenvalue weighted by atomic mass is 32.2. The molecule has 0 bridgehead atoms. The highest BCUT2D eigenvalue weighted by Crippen LogP contribution is 2.41. The number of aryl methyl sites for hydroxylation is 1. The van der Waals surface area contributed by atoms with Gasteiger partial charge in [0.05, 0.1) is 19.2 Å². The van der Waals surface area contributed by atoms with Crippen LogP contribution in [-0.4, -0.2) is 48.0 Å². The number of thioether (sulfide) groups is 1. The average Bonchev–Trinajstić information content (AvgIpc) is 3.40. The summed E-state index contributed by atoms with van der Waals surface area (Å²) in [6.07, 6.45) is -0.0110. The molecule has 0 fully saturated rings. The lowest BCUT2D eigenvalue weighted by molar-refractivity contribution is -0.115. The Hall–Kier alpha value is -4.61. The maximum absolute atomic E-state index is 14.1. The molecule has 0 aliphatic carbocycles. The Bertz CT molecular complexity index is 1800. The van der Waals surface area contributed by atoms with E-state index in [-0.39, 0.29) is 18.4 Å². The minimum absolute atomic E-state index is 0.226. The Morgan fingerprint density at radius 1 is 0.936 bits per heavy atom. The summed E-state index contributed by atoms with van der Waals surface area (Å²) >= 11 is 2.59. The number of hydrogen-bond donors (Lipinski definition) is 2. The Balaban J connectivity index is 1.39. The van der Waals surface area contributed by atoms with Crippen molar-refractivity contribution in [1.29, 1.82) is 0 Å². The summed E-state index contributed by atoms with van der Waals surface area (Å²) < 4.78 is 10.7. The number of carbonyl (C=O) groups excluding carboxylic acids is 4. The van der Waals surface area contributed by atoms with Gasteiger partial charge in [-0.3, -0.25) is 9.59 Å². The van der Waals surface area contributed by atoms with Gasteiger partial charge in [0.2, 0.25) is 5.91 Å². The lowest BCUT2D eigenvalue weighted by Gasteiger charge is -2.30. The first-order chi connectivity index (χ1) is 22.4. The van der Waals surface area contributed by atoms with Gasteiger partial charge < -0.3 is 25.0 Å². The van der Waals surface area contributed by atoms with E-state index in [2.05, 4.69) is 10.6 Å². The molecule has 0 saturated heterocycles. The molecule has 3 amide bonds. The number of amides is 3. The molecule has 1 aliphatic heterocycles. The fraction of sp³-hybridized carbons (Fsp3) is 0.278. The number of anilines is 2. The summed E-state index contributed by atoms with van der Waals surface area (Å²) in [7, 11) is 1.31. The molecule has 1 aliphatic rings. The summed E-state index contributed by atoms with van der Waals surface area (Å²) in [5.41, 5.74) is 3.34. The number of nitrogens with one attached hydrogen (secondary N) is 2. The second-order valence-corrected chi connectivity index (χ2v) is 14.4. The molecule has 3 aromatic carbocycles. The monoisotopic (exact) mass is 671 g/mol. The molecule has 1 atom stereocenters. The fourth-order valence-corrected chi connectivity index (χ4v) is 7.48. The summed E-state index contributed by atoms with van der Waals surface area (Å²) in [6, 6.07) is 24.1. The van der Waals surface area contributed by atoms with Gasteiger partial charge in [0, 0.05) is 27.6 Å². The van der Waals surface area contributed by atoms with Gasteiger partial charge in [0.15, 0.2) is 0 Å². The van der Waals surface area contributed by atoms with E-state index in [4.69, 9.17) is 9.47 Å². The number of hydrogen-bond acceptors (Lipinski definition) is 8. The molecule has 0 spiro atoms. The number of rotatable bonds is 8. The number of benzene rings is 3. The van der Waals surface area contributed by atoms with E-state index in [9.17, 15) is 19.2 Å². The number of methoxy groups -OCH3 is 1. The van der Waals surface area contributed by atoms with Crippen molar-refractivity contribution in [3.05, 3.63) is 112 Å². The maximum Gasteiger partial charge on any atom is 0.410 e. The van der Waals surface area contributed by atoms with Gasteiger partial charge in [0.1, 0.15) is 15.9 Å². The molecule has 11 heteroatoms. The van der Waals surface area contributed by atoms with Crippen molar-refractivity contribution < 1.29 is 28.7 Å². The second-order valence-electron chi connectivity index (χ2n) is 12.1. The van der Waals surface area contributed by atoms with E-state index < -0.39 is 22.9 Å². The molecule has 244 valence electrons. The van der Waals surface area contributed by atoms with E-state index in [0.717, 1.165) is 26.5 Å². The van der Waals surface area contributed by atoms with Crippen LogP contribution in [0.5, 0.6) is 0 Å². The van der Waals surface area contributed by atoms with E-state index in [0.29, 0.717) is 34.8 Å². The number of ether oxygens (including phenoxy) is 2. The Kier molecular flexibility index (Phi) is 10.4. The van der Waals surface area contributed by atoms with E-state index in [1.165, 1.54) is 30.2 Å². The van der Waals surface area contributed by atoms with Crippen LogP contribution in [0.4, 0.5) is 15.5 Å². The van der Waals surface area contributed by atoms with Crippen LogP contribution in [-0.2, 0) is 27.2 Å². The molecule has 5 rings (SSSR count). The molecule has 1 aromatic heterocycles. The zero-order chi connectivity index (χ0) is 33.7. The molecule has 47 heavy (non-hydrogen) atoms. The van der Waals surface area contributed by atoms with Gasteiger partial charge >= 0.3 is 12.1 Å². The van der Waals surface area contributed by atoms with Crippen molar-refractivity contribution in [3.8, 4) is 0 Å². The van der Waals surface area contributed by atoms with Crippen LogP contribution in [0.3, 0.4) is 0 Å². The van der Waals surface area contributed by atoms with Gasteiger partial charge in [0.25, 0.3) is 5.91 Å². The van der Waals surface area contributed by atoms with Crippen LogP contribution in [0.1, 0.15) is 68.3 Å². The first-order valence-corrected chi connectivity index (χ1v) is 16.8. The van der Waals surface area contributed by atoms with Crippen LogP contribution >= 0.6 is 23.1 Å². The van der Waals surface area contributed by atoms with Crippen LogP contribution in [0.2, 0.25) is 0 Å². The van der Waals surface area contributed by atoms with Crippen LogP contribution in [0.25, 0.3) is 0 Å². The Labute approximate surface area is 282 Å². The summed E-state index contributed by atoms with van der Waals surface area (Å²) in [5, 5.41) is 5.64. The zero-order valence-electron chi connectivity index (χ0n) is 26.9. The number of fused-ring (bicyclic) bond motifs is 1. The Morgan fingerprint density at radius 2 is 1.68 bits per heavy atom. The van der Waals surface area contributed by atoms with Crippen molar-refractivity contribution in [1.82, 2.24) is 4.90 Å². The molecular weight excluding hydrogens is 635 g/mol. The first-order valence-electron chi connectivity index (χ1n) is 15.1. The summed E-state index contributed by atoms with van der Waals surface area (Å²) in [6.45, 7) is 8.00. The normalized spacial score (nSPS) is 13.3. The van der Waals surface area contributed by atoms with E-state index in [1.807, 2.05) is 94.4 Å². The lowest BCUT2D eigenvalue weighted by atomic mass is 10.0. The molecule has 2 heterocycles. The predicted molar refractivity (Wildman–Crippen MR) is 185 cm³/mol. The number of nitrogens with zero attached hydrogens (tertiary/aromatic N) is 1. The smallest absolute Gasteiger partial charge is 0.410 e. The quantitative estimate of drug-likeness (QED) is 0.145. The lowest BCUT2D eigenvalue weighted by Crippen LogP contribution is -2.39. The van der Waals surface area contributed by atoms with Gasteiger partial charge in [-0.1, -0.05) is 54.1 Å². The molecule has 0 radical (unpaired) electrons. The third-order valence-corrected chi connectivity index (χ3v) is 9.68. The highest BCUT2D eigenvalue weighted by molar-refractivity contribution is 8.00. The van der Waals surface area contributed by atoms with Crippen LogP contribution < -0.4 is 10.6 Å². The molecule has 1 unspecified atom stereocenters. The molecule has 2 N–H and O–H groups in total. The van der Waals surface area contributed by atoms with Crippen molar-refractivity contribution >= 4 is 57.7 Å². The van der Waals surface area contributed by atoms with Gasteiger partial charge in [-0.2, -0.15) is 0 Å². The van der Waals surface area contributed by atoms with E-state index in [1.54, 1.807) is 17.0 Å². The predicted octanol–water partition coefficient (Wildman–Crippen LogP) is 7.86. The van der Waals surface area contributed by atoms with Crippen molar-refractivity contribution in [3.63, 3.8) is 0 Å². The largest absolute Gasteiger partial charge is 0.465 e. The number of esters is 1. The van der Waals surface area contributed by atoms with Crippen molar-refractivity contribution in [2.24, 2.45) is 0 Å². The standard InChI is InChI=1S/C36H37N3O6S2/c1-22-11-9-14-24(19-22)31(40)37-25-15-10-16-26(20-25)46-30(23-12-7-6-8-13-23)32(41)38-33-29(34(42)44-5)27-17-18-39(21-28(27)47-33)35(43)45-36(2,3)4/h6-16,19-20,30H,17-18,21H2,1-5H3,(H,37,40)(H,38,41). The fourth-order valence-electron chi connectivity index (χ4n) is 5.14. The van der Waals surface area contributed by atoms with E-state index >= 15 is 0 Å². The maximum atomic E-state index is 14.1. The van der Waals surface area contributed by atoms with Crippen molar-refractivity contribution in [2.45, 2.75) is 56.4 Å². The zero-order valence-corrected chi connectivity index (χ0v) is 28.6. The van der Waals surface area contributed by atoms with Crippen LogP contribution in [0, 0.1) is 6.92 Å². The number of carbonyl (C=O) groups is 4. The van der Waals surface area contributed by atoms with Gasteiger partial charge in [-0.05, 0) is 75.6 Å². The Morgan fingerprint density at radius 3 is 2.38 bits per heavy atom. The van der Waals surface area contributed by atoms with Crippen LogP contribution in [0.15, 0.2) is 83.8 Å².